The quantitative estimate of drug-likeness (QED) is 0.762. The third kappa shape index (κ3) is 4.46. The Morgan fingerprint density at radius 3 is 2.47 bits per heavy atom. The van der Waals surface area contributed by atoms with Crippen molar-refractivity contribution in [3.05, 3.63) is 28.8 Å². The van der Waals surface area contributed by atoms with Crippen molar-refractivity contribution in [2.24, 2.45) is 5.92 Å². The van der Waals surface area contributed by atoms with E-state index in [0.29, 0.717) is 12.5 Å². The van der Waals surface area contributed by atoms with Gasteiger partial charge in [0.2, 0.25) is 0 Å². The van der Waals surface area contributed by atoms with E-state index in [1.54, 1.807) is 0 Å². The van der Waals surface area contributed by atoms with Crippen molar-refractivity contribution in [3.8, 4) is 5.75 Å². The zero-order chi connectivity index (χ0) is 13.1. The molecule has 96 valence electrons. The lowest BCUT2D eigenvalue weighted by Gasteiger charge is -2.12. The van der Waals surface area contributed by atoms with Gasteiger partial charge in [0.15, 0.2) is 0 Å². The van der Waals surface area contributed by atoms with E-state index in [2.05, 4.69) is 0 Å². The molecule has 0 heterocycles. The Morgan fingerprint density at radius 1 is 1.29 bits per heavy atom. The predicted octanol–water partition coefficient (Wildman–Crippen LogP) is 4.78. The Balaban J connectivity index is 2.76. The minimum atomic E-state index is -4.45. The molecule has 0 unspecified atom stereocenters. The van der Waals surface area contributed by atoms with E-state index in [1.807, 2.05) is 13.8 Å². The highest BCUT2D eigenvalue weighted by Gasteiger charge is 2.33. The van der Waals surface area contributed by atoms with Crippen molar-refractivity contribution in [2.45, 2.75) is 26.4 Å². The lowest BCUT2D eigenvalue weighted by atomic mass is 10.1. The molecule has 0 N–H and O–H groups in total. The van der Waals surface area contributed by atoms with Crippen LogP contribution in [0.15, 0.2) is 18.2 Å². The molecular weight excluding hydrogens is 253 g/mol. The van der Waals surface area contributed by atoms with Gasteiger partial charge in [0.1, 0.15) is 5.75 Å². The van der Waals surface area contributed by atoms with Crippen LogP contribution in [0.2, 0.25) is 5.02 Å². The molecular formula is C12H14ClF3O. The first-order valence-electron chi connectivity index (χ1n) is 5.30. The zero-order valence-corrected chi connectivity index (χ0v) is 10.4. The van der Waals surface area contributed by atoms with Crippen molar-refractivity contribution >= 4 is 11.6 Å². The first-order valence-corrected chi connectivity index (χ1v) is 5.68. The van der Waals surface area contributed by atoms with Gasteiger partial charge in [0.25, 0.3) is 0 Å². The monoisotopic (exact) mass is 266 g/mol. The van der Waals surface area contributed by atoms with E-state index in [-0.39, 0.29) is 10.8 Å². The van der Waals surface area contributed by atoms with Gasteiger partial charge in [-0.15, -0.1) is 0 Å². The largest absolute Gasteiger partial charge is 0.494 e. The minimum Gasteiger partial charge on any atom is -0.494 e. The molecule has 17 heavy (non-hydrogen) atoms. The van der Waals surface area contributed by atoms with Crippen LogP contribution < -0.4 is 4.74 Å². The van der Waals surface area contributed by atoms with Crippen LogP contribution in [0, 0.1) is 5.92 Å². The summed E-state index contributed by atoms with van der Waals surface area (Å²) in [6.45, 7) is 4.44. The second kappa shape index (κ2) is 5.63. The van der Waals surface area contributed by atoms with Crippen LogP contribution in [0.5, 0.6) is 5.75 Å². The summed E-state index contributed by atoms with van der Waals surface area (Å²) in [5, 5.41) is -0.311. The van der Waals surface area contributed by atoms with E-state index in [0.717, 1.165) is 12.5 Å². The van der Waals surface area contributed by atoms with E-state index >= 15 is 0 Å². The molecule has 0 saturated carbocycles. The van der Waals surface area contributed by atoms with Crippen LogP contribution in [-0.2, 0) is 6.18 Å². The van der Waals surface area contributed by atoms with E-state index in [1.165, 1.54) is 12.1 Å². The molecule has 0 spiro atoms. The maximum Gasteiger partial charge on any atom is 0.417 e. The maximum atomic E-state index is 12.5. The summed E-state index contributed by atoms with van der Waals surface area (Å²) in [6, 6.07) is 3.58. The fourth-order valence-electron chi connectivity index (χ4n) is 1.22. The van der Waals surface area contributed by atoms with Gasteiger partial charge >= 0.3 is 6.18 Å². The SMILES string of the molecule is CC(C)CCOc1ccc(Cl)c(C(F)(F)F)c1. The van der Waals surface area contributed by atoms with Crippen LogP contribution in [0.25, 0.3) is 0 Å². The standard InChI is InChI=1S/C12H14ClF3O/c1-8(2)5-6-17-9-3-4-11(13)10(7-9)12(14,15)16/h3-4,7-8H,5-6H2,1-2H3. The maximum absolute atomic E-state index is 12.5. The van der Waals surface area contributed by atoms with E-state index in [4.69, 9.17) is 16.3 Å². The second-order valence-electron chi connectivity index (χ2n) is 4.17. The van der Waals surface area contributed by atoms with Crippen molar-refractivity contribution < 1.29 is 17.9 Å². The molecule has 5 heteroatoms. The first kappa shape index (κ1) is 14.2. The number of hydrogen-bond donors (Lipinski definition) is 0. The van der Waals surface area contributed by atoms with Crippen molar-refractivity contribution in [3.63, 3.8) is 0 Å². The molecule has 1 aromatic rings. The molecule has 0 aromatic heterocycles. The predicted molar refractivity (Wildman–Crippen MR) is 61.4 cm³/mol. The number of hydrogen-bond acceptors (Lipinski definition) is 1. The highest BCUT2D eigenvalue weighted by molar-refractivity contribution is 6.31. The van der Waals surface area contributed by atoms with Crippen LogP contribution in [0.1, 0.15) is 25.8 Å². The molecule has 1 aromatic carbocycles. The smallest absolute Gasteiger partial charge is 0.417 e. The van der Waals surface area contributed by atoms with Crippen molar-refractivity contribution in [1.29, 1.82) is 0 Å². The number of rotatable bonds is 4. The average Bonchev–Trinajstić information content (AvgIpc) is 2.18. The Labute approximate surface area is 104 Å². The van der Waals surface area contributed by atoms with Crippen LogP contribution in [0.4, 0.5) is 13.2 Å². The van der Waals surface area contributed by atoms with Gasteiger partial charge in [-0.05, 0) is 30.5 Å². The van der Waals surface area contributed by atoms with Crippen LogP contribution >= 0.6 is 11.6 Å². The summed E-state index contributed by atoms with van der Waals surface area (Å²) in [5.74, 6) is 0.645. The number of alkyl halides is 3. The molecule has 0 fully saturated rings. The van der Waals surface area contributed by atoms with Gasteiger partial charge in [-0.25, -0.2) is 0 Å². The van der Waals surface area contributed by atoms with Crippen molar-refractivity contribution in [2.75, 3.05) is 6.61 Å². The molecule has 0 radical (unpaired) electrons. The summed E-state index contributed by atoms with van der Waals surface area (Å²) < 4.78 is 42.9. The summed E-state index contributed by atoms with van der Waals surface area (Å²) >= 11 is 5.49. The van der Waals surface area contributed by atoms with E-state index < -0.39 is 11.7 Å². The lowest BCUT2D eigenvalue weighted by Crippen LogP contribution is -2.07. The highest BCUT2D eigenvalue weighted by atomic mass is 35.5. The van der Waals surface area contributed by atoms with Gasteiger partial charge in [-0.3, -0.25) is 0 Å². The Bertz CT molecular complexity index is 375. The van der Waals surface area contributed by atoms with E-state index in [9.17, 15) is 13.2 Å². The van der Waals surface area contributed by atoms with Gasteiger partial charge in [0, 0.05) is 0 Å². The van der Waals surface area contributed by atoms with Crippen LogP contribution in [-0.4, -0.2) is 6.61 Å². The molecule has 0 bridgehead atoms. The van der Waals surface area contributed by atoms with Gasteiger partial charge < -0.3 is 4.74 Å². The first-order chi connectivity index (χ1) is 7.80. The zero-order valence-electron chi connectivity index (χ0n) is 9.64. The third-order valence-electron chi connectivity index (χ3n) is 2.21. The summed E-state index contributed by atoms with van der Waals surface area (Å²) in [7, 11) is 0. The topological polar surface area (TPSA) is 9.23 Å². The fourth-order valence-corrected chi connectivity index (χ4v) is 1.45. The Morgan fingerprint density at radius 2 is 1.94 bits per heavy atom. The number of benzene rings is 1. The van der Waals surface area contributed by atoms with Gasteiger partial charge in [-0.2, -0.15) is 13.2 Å². The van der Waals surface area contributed by atoms with Crippen molar-refractivity contribution in [1.82, 2.24) is 0 Å². The Hall–Kier alpha value is -0.900. The summed E-state index contributed by atoms with van der Waals surface area (Å²) in [5.41, 5.74) is -0.860. The molecule has 0 atom stereocenters. The molecule has 1 rings (SSSR count). The Kier molecular flexibility index (Phi) is 4.69. The van der Waals surface area contributed by atoms with Gasteiger partial charge in [0.05, 0.1) is 17.2 Å². The number of ether oxygens (including phenoxy) is 1. The highest BCUT2D eigenvalue weighted by Crippen LogP contribution is 2.36. The summed E-state index contributed by atoms with van der Waals surface area (Å²) in [6.07, 6.45) is -3.65. The molecule has 0 aliphatic rings. The van der Waals surface area contributed by atoms with Crippen LogP contribution in [0.3, 0.4) is 0 Å². The second-order valence-corrected chi connectivity index (χ2v) is 4.58. The molecule has 0 aliphatic carbocycles. The molecule has 0 amide bonds. The molecule has 0 aliphatic heterocycles. The molecule has 0 saturated heterocycles. The third-order valence-corrected chi connectivity index (χ3v) is 2.54. The molecule has 1 nitrogen and oxygen atoms in total. The lowest BCUT2D eigenvalue weighted by molar-refractivity contribution is -0.137. The minimum absolute atomic E-state index is 0.197. The normalized spacial score (nSPS) is 11.9. The summed E-state index contributed by atoms with van der Waals surface area (Å²) in [4.78, 5) is 0. The van der Waals surface area contributed by atoms with Gasteiger partial charge in [-0.1, -0.05) is 25.4 Å². The average molecular weight is 267 g/mol. The number of halogens is 4. The fraction of sp³-hybridized carbons (Fsp3) is 0.500.